The molecule has 0 saturated heterocycles. The van der Waals surface area contributed by atoms with Crippen LogP contribution < -0.4 is 19.6 Å². The highest BCUT2D eigenvalue weighted by Gasteiger charge is 2.35. The Balaban J connectivity index is 1.51. The zero-order valence-electron chi connectivity index (χ0n) is 17.8. The van der Waals surface area contributed by atoms with Crippen LogP contribution in [0.15, 0.2) is 65.0 Å². The molecule has 0 bridgehead atoms. The molecule has 1 atom stereocenters. The van der Waals surface area contributed by atoms with E-state index < -0.39 is 17.6 Å². The third-order valence-electron chi connectivity index (χ3n) is 5.86. The third-order valence-corrected chi connectivity index (χ3v) is 6.67. The van der Waals surface area contributed by atoms with Gasteiger partial charge in [0.05, 0.1) is 12.3 Å². The molecule has 0 aliphatic carbocycles. The van der Waals surface area contributed by atoms with Gasteiger partial charge < -0.3 is 23.9 Å². The summed E-state index contributed by atoms with van der Waals surface area (Å²) in [7, 11) is 0. The minimum absolute atomic E-state index is 0.326. The number of nitrogens with zero attached hydrogens (tertiary/aromatic N) is 2. The molecule has 4 heterocycles. The molecule has 2 aromatic carbocycles. The topological polar surface area (TPSA) is 99.9 Å². The van der Waals surface area contributed by atoms with Gasteiger partial charge in [0.15, 0.2) is 21.9 Å². The molecule has 8 nitrogen and oxygen atoms in total. The smallest absolute Gasteiger partial charge is 0.341 e. The van der Waals surface area contributed by atoms with E-state index in [-0.39, 0.29) is 5.56 Å². The van der Waals surface area contributed by atoms with Crippen LogP contribution in [0.25, 0.3) is 11.3 Å². The number of aromatic carboxylic acids is 1. The fraction of sp³-hybridized carbons (Fsp3) is 0.160. The maximum Gasteiger partial charge on any atom is 0.341 e. The normalized spacial score (nSPS) is 15.5. The van der Waals surface area contributed by atoms with Gasteiger partial charge in [-0.2, -0.15) is 0 Å². The summed E-state index contributed by atoms with van der Waals surface area (Å²) in [4.78, 5) is 28.7. The van der Waals surface area contributed by atoms with Gasteiger partial charge >= 0.3 is 5.97 Å². The first-order valence-electron chi connectivity index (χ1n) is 10.7. The number of rotatable bonds is 5. The van der Waals surface area contributed by atoms with Crippen molar-refractivity contribution in [2.75, 3.05) is 6.61 Å². The van der Waals surface area contributed by atoms with Crippen molar-refractivity contribution < 1.29 is 24.1 Å². The average Bonchev–Trinajstić information content (AvgIpc) is 3.54. The average molecular weight is 474 g/mol. The molecule has 0 amide bonds. The Morgan fingerprint density at radius 1 is 1.26 bits per heavy atom. The summed E-state index contributed by atoms with van der Waals surface area (Å²) < 4.78 is 20.1. The SMILES string of the molecule is O=C(O)c1cn2c(cc1=O)-c1c(cc(OCc3ccccc3)c3c1CCO3)OC2c1nccs1. The van der Waals surface area contributed by atoms with Crippen LogP contribution in [0.2, 0.25) is 0 Å². The lowest BCUT2D eigenvalue weighted by Crippen LogP contribution is -2.28. The van der Waals surface area contributed by atoms with E-state index in [4.69, 9.17) is 14.2 Å². The maximum absolute atomic E-state index is 12.7. The molecule has 34 heavy (non-hydrogen) atoms. The van der Waals surface area contributed by atoms with Crippen LogP contribution >= 0.6 is 11.3 Å². The number of ether oxygens (including phenoxy) is 3. The second-order valence-electron chi connectivity index (χ2n) is 7.92. The maximum atomic E-state index is 12.7. The summed E-state index contributed by atoms with van der Waals surface area (Å²) in [6, 6.07) is 13.0. The zero-order chi connectivity index (χ0) is 23.2. The molecule has 0 spiro atoms. The van der Waals surface area contributed by atoms with Gasteiger partial charge in [0.2, 0.25) is 6.23 Å². The molecule has 1 unspecified atom stereocenters. The van der Waals surface area contributed by atoms with Crippen molar-refractivity contribution in [1.29, 1.82) is 0 Å². The quantitative estimate of drug-likeness (QED) is 0.464. The van der Waals surface area contributed by atoms with Crippen molar-refractivity contribution in [2.45, 2.75) is 19.3 Å². The van der Waals surface area contributed by atoms with Gasteiger partial charge in [0.25, 0.3) is 0 Å². The Kier molecular flexibility index (Phi) is 4.84. The summed E-state index contributed by atoms with van der Waals surface area (Å²) in [6.45, 7) is 0.837. The second kappa shape index (κ2) is 8.03. The number of thiazole rings is 1. The molecular formula is C25H18N2O6S. The lowest BCUT2D eigenvalue weighted by Gasteiger charge is -2.31. The number of carbonyl (C=O) groups is 1. The number of carboxylic acid groups (broad SMARTS) is 1. The molecule has 2 aromatic heterocycles. The van der Waals surface area contributed by atoms with Crippen molar-refractivity contribution in [3.05, 3.63) is 92.2 Å². The first-order chi connectivity index (χ1) is 16.6. The van der Waals surface area contributed by atoms with Crippen LogP contribution in [0.3, 0.4) is 0 Å². The van der Waals surface area contributed by atoms with E-state index in [9.17, 15) is 14.7 Å². The molecule has 4 aromatic rings. The van der Waals surface area contributed by atoms with Crippen molar-refractivity contribution in [1.82, 2.24) is 9.55 Å². The molecule has 0 saturated carbocycles. The number of hydrogen-bond acceptors (Lipinski definition) is 7. The summed E-state index contributed by atoms with van der Waals surface area (Å²) >= 11 is 1.38. The van der Waals surface area contributed by atoms with E-state index in [1.807, 2.05) is 35.7 Å². The highest BCUT2D eigenvalue weighted by Crippen LogP contribution is 2.51. The van der Waals surface area contributed by atoms with Crippen LogP contribution in [0.1, 0.15) is 32.7 Å². The van der Waals surface area contributed by atoms with E-state index in [2.05, 4.69) is 4.98 Å². The highest BCUT2D eigenvalue weighted by molar-refractivity contribution is 7.09. The van der Waals surface area contributed by atoms with E-state index in [0.29, 0.717) is 53.1 Å². The van der Waals surface area contributed by atoms with Gasteiger partial charge in [-0.1, -0.05) is 30.3 Å². The molecule has 0 radical (unpaired) electrons. The predicted molar refractivity (Wildman–Crippen MR) is 124 cm³/mol. The fourth-order valence-corrected chi connectivity index (χ4v) is 5.00. The van der Waals surface area contributed by atoms with Gasteiger partial charge in [-0.3, -0.25) is 4.79 Å². The lowest BCUT2D eigenvalue weighted by molar-refractivity contribution is 0.0693. The highest BCUT2D eigenvalue weighted by atomic mass is 32.1. The largest absolute Gasteiger partial charge is 0.489 e. The Morgan fingerprint density at radius 3 is 2.88 bits per heavy atom. The number of carboxylic acids is 1. The van der Waals surface area contributed by atoms with E-state index >= 15 is 0 Å². The minimum Gasteiger partial charge on any atom is -0.489 e. The number of hydrogen-bond donors (Lipinski definition) is 1. The van der Waals surface area contributed by atoms with Crippen molar-refractivity contribution in [3.8, 4) is 28.5 Å². The summed E-state index contributed by atoms with van der Waals surface area (Å²) in [6.07, 6.45) is 2.88. The third kappa shape index (κ3) is 3.32. The standard InChI is InChI=1S/C25H18N2O6S/c28-18-10-17-21-15-6-8-31-22(15)20(32-13-14-4-2-1-3-5-14)11-19(21)33-24(23-26-7-9-34-23)27(17)12-16(18)25(29)30/h1-5,7,9-12,24H,6,8,13H2,(H,29,30). The zero-order valence-corrected chi connectivity index (χ0v) is 18.6. The monoisotopic (exact) mass is 474 g/mol. The van der Waals surface area contributed by atoms with Crippen LogP contribution in [0, 0.1) is 0 Å². The Hall–Kier alpha value is -4.11. The summed E-state index contributed by atoms with van der Waals surface area (Å²) in [5.41, 5.74) is 2.27. The first-order valence-corrected chi connectivity index (χ1v) is 11.5. The van der Waals surface area contributed by atoms with Gasteiger partial charge in [-0.15, -0.1) is 11.3 Å². The lowest BCUT2D eigenvalue weighted by atomic mass is 9.97. The van der Waals surface area contributed by atoms with Gasteiger partial charge in [-0.25, -0.2) is 9.78 Å². The second-order valence-corrected chi connectivity index (χ2v) is 8.84. The van der Waals surface area contributed by atoms with Gasteiger partial charge in [-0.05, 0) is 5.56 Å². The molecule has 2 aliphatic rings. The van der Waals surface area contributed by atoms with Crippen LogP contribution in [-0.2, 0) is 13.0 Å². The molecular weight excluding hydrogens is 456 g/mol. The van der Waals surface area contributed by atoms with Crippen molar-refractivity contribution in [3.63, 3.8) is 0 Å². The number of aromatic nitrogens is 2. The van der Waals surface area contributed by atoms with Gasteiger partial charge in [0, 0.05) is 47.5 Å². The molecule has 2 aliphatic heterocycles. The minimum atomic E-state index is -1.29. The van der Waals surface area contributed by atoms with Crippen molar-refractivity contribution >= 4 is 17.3 Å². The van der Waals surface area contributed by atoms with Crippen molar-refractivity contribution in [2.24, 2.45) is 0 Å². The van der Waals surface area contributed by atoms with Crippen LogP contribution in [-0.4, -0.2) is 27.2 Å². The van der Waals surface area contributed by atoms with E-state index in [1.165, 1.54) is 23.6 Å². The van der Waals surface area contributed by atoms with Gasteiger partial charge in [0.1, 0.15) is 17.9 Å². The number of pyridine rings is 1. The summed E-state index contributed by atoms with van der Waals surface area (Å²) in [5, 5.41) is 12.0. The number of benzene rings is 2. The fourth-order valence-electron chi connectivity index (χ4n) is 4.34. The Morgan fingerprint density at radius 2 is 2.12 bits per heavy atom. The molecule has 0 fully saturated rings. The molecule has 6 rings (SSSR count). The van der Waals surface area contributed by atoms with E-state index in [0.717, 1.165) is 11.1 Å². The Labute approximate surface area is 197 Å². The van der Waals surface area contributed by atoms with Crippen LogP contribution in [0.4, 0.5) is 0 Å². The Bertz CT molecular complexity index is 1460. The first kappa shape index (κ1) is 20.5. The van der Waals surface area contributed by atoms with Crippen LogP contribution in [0.5, 0.6) is 17.2 Å². The predicted octanol–water partition coefficient (Wildman–Crippen LogP) is 4.12. The number of fused-ring (bicyclic) bond motifs is 5. The summed E-state index contributed by atoms with van der Waals surface area (Å²) in [5.74, 6) is 0.426. The molecule has 1 N–H and O–H groups in total. The van der Waals surface area contributed by atoms with E-state index in [1.54, 1.807) is 16.8 Å². The molecule has 9 heteroatoms. The molecule has 170 valence electrons.